The fourth-order valence-electron chi connectivity index (χ4n) is 5.33. The first-order valence-corrected chi connectivity index (χ1v) is 12.4. The van der Waals surface area contributed by atoms with Crippen LogP contribution in [-0.2, 0) is 23.2 Å². The number of carbonyl (C=O) groups excluding carboxylic acids is 1. The van der Waals surface area contributed by atoms with E-state index in [0.717, 1.165) is 12.8 Å². The van der Waals surface area contributed by atoms with Gasteiger partial charge in [-0.2, -0.15) is 0 Å². The number of carbonyl (C=O) groups is 2. The van der Waals surface area contributed by atoms with E-state index >= 15 is 0 Å². The molecular formula is C25H33N5O5. The summed E-state index contributed by atoms with van der Waals surface area (Å²) < 4.78 is 13.4. The number of rotatable bonds is 8. The van der Waals surface area contributed by atoms with Crippen LogP contribution >= 0.6 is 0 Å². The highest BCUT2D eigenvalue weighted by molar-refractivity contribution is 5.70. The Morgan fingerprint density at radius 2 is 2.03 bits per heavy atom. The Hall–Kier alpha value is -3.17. The summed E-state index contributed by atoms with van der Waals surface area (Å²) in [4.78, 5) is 30.3. The molecular weight excluding hydrogens is 450 g/mol. The fraction of sp³-hybridized carbons (Fsp3) is 0.640. The summed E-state index contributed by atoms with van der Waals surface area (Å²) in [6, 6.07) is 3.68. The third kappa shape index (κ3) is 4.97. The van der Waals surface area contributed by atoms with Gasteiger partial charge in [-0.1, -0.05) is 11.6 Å². The largest absolute Gasteiger partial charge is 0.488 e. The van der Waals surface area contributed by atoms with Crippen molar-refractivity contribution in [2.75, 3.05) is 13.6 Å². The van der Waals surface area contributed by atoms with Crippen molar-refractivity contribution in [1.29, 1.82) is 0 Å². The predicted molar refractivity (Wildman–Crippen MR) is 125 cm³/mol. The molecule has 188 valence electrons. The van der Waals surface area contributed by atoms with Crippen molar-refractivity contribution in [3.8, 4) is 17.1 Å². The van der Waals surface area contributed by atoms with E-state index in [1.807, 2.05) is 19.1 Å². The summed E-state index contributed by atoms with van der Waals surface area (Å²) in [6.45, 7) is 2.63. The molecule has 0 bridgehead atoms. The molecule has 3 fully saturated rings. The molecule has 3 aliphatic carbocycles. The van der Waals surface area contributed by atoms with E-state index in [1.54, 1.807) is 23.7 Å². The van der Waals surface area contributed by atoms with Gasteiger partial charge in [0.15, 0.2) is 0 Å². The number of pyridine rings is 1. The van der Waals surface area contributed by atoms with Crippen LogP contribution in [0, 0.1) is 30.6 Å². The maximum absolute atomic E-state index is 12.4. The van der Waals surface area contributed by atoms with E-state index < -0.39 is 5.97 Å². The molecule has 2 heterocycles. The van der Waals surface area contributed by atoms with Crippen molar-refractivity contribution < 1.29 is 24.2 Å². The van der Waals surface area contributed by atoms with Crippen LogP contribution in [0.4, 0.5) is 4.79 Å². The summed E-state index contributed by atoms with van der Waals surface area (Å²) >= 11 is 0. The fourth-order valence-corrected chi connectivity index (χ4v) is 5.33. The van der Waals surface area contributed by atoms with Crippen molar-refractivity contribution >= 4 is 12.1 Å². The smallest absolute Gasteiger partial charge is 0.409 e. The van der Waals surface area contributed by atoms with Gasteiger partial charge in [-0.05, 0) is 68.9 Å². The van der Waals surface area contributed by atoms with Crippen LogP contribution in [0.1, 0.15) is 49.9 Å². The maximum atomic E-state index is 12.4. The number of nitrogens with zero attached hydrogens (tertiary/aromatic N) is 5. The van der Waals surface area contributed by atoms with Gasteiger partial charge in [0.1, 0.15) is 29.8 Å². The average Bonchev–Trinajstić information content (AvgIpc) is 3.50. The van der Waals surface area contributed by atoms with Gasteiger partial charge in [-0.3, -0.25) is 4.79 Å². The standard InChI is InChI=1S/C25H33N5O5/c1-14-21(35-22-11-17(24(31)32)9-16-10-18(16)22)8-7-19(26-14)23-20(30(3)28-27-23)13-34-25(33)29(2)12-15-5-4-6-15/h7-8,15-18,22H,4-6,9-13H2,1-3H3,(H,31,32)/t16-,17-,18+,22-/m1/s1. The van der Waals surface area contributed by atoms with Crippen LogP contribution in [0.25, 0.3) is 11.4 Å². The van der Waals surface area contributed by atoms with Crippen molar-refractivity contribution in [2.45, 2.75) is 58.2 Å². The number of ether oxygens (including phenoxy) is 2. The first kappa shape index (κ1) is 23.6. The Morgan fingerprint density at radius 3 is 2.71 bits per heavy atom. The van der Waals surface area contributed by atoms with Crippen molar-refractivity contribution in [1.82, 2.24) is 24.9 Å². The van der Waals surface area contributed by atoms with Crippen molar-refractivity contribution in [2.24, 2.45) is 30.7 Å². The quantitative estimate of drug-likeness (QED) is 0.606. The van der Waals surface area contributed by atoms with Crippen LogP contribution in [0.5, 0.6) is 5.75 Å². The molecule has 5 rings (SSSR count). The lowest BCUT2D eigenvalue weighted by atomic mass is 9.85. The first-order valence-electron chi connectivity index (χ1n) is 12.4. The summed E-state index contributed by atoms with van der Waals surface area (Å²) in [5.41, 5.74) is 2.54. The van der Waals surface area contributed by atoms with Crippen LogP contribution in [0.3, 0.4) is 0 Å². The lowest BCUT2D eigenvalue weighted by molar-refractivity contribution is -0.144. The van der Waals surface area contributed by atoms with Gasteiger partial charge in [-0.25, -0.2) is 14.5 Å². The topological polar surface area (TPSA) is 120 Å². The molecule has 1 N–H and O–H groups in total. The Labute approximate surface area is 204 Å². The number of aromatic nitrogens is 4. The molecule has 0 aromatic carbocycles. The van der Waals surface area contributed by atoms with Crippen LogP contribution < -0.4 is 4.74 Å². The van der Waals surface area contributed by atoms with Gasteiger partial charge in [-0.15, -0.1) is 5.10 Å². The number of carboxylic acid groups (broad SMARTS) is 1. The minimum absolute atomic E-state index is 0.0490. The normalized spacial score (nSPS) is 25.3. The third-order valence-electron chi connectivity index (χ3n) is 7.81. The molecule has 3 saturated carbocycles. The lowest BCUT2D eigenvalue weighted by Gasteiger charge is -2.29. The van der Waals surface area contributed by atoms with Gasteiger partial charge in [0.25, 0.3) is 0 Å². The number of carboxylic acids is 1. The molecule has 1 amide bonds. The summed E-state index contributed by atoms with van der Waals surface area (Å²) in [5, 5.41) is 17.8. The molecule has 0 unspecified atom stereocenters. The van der Waals surface area contributed by atoms with E-state index in [0.29, 0.717) is 59.2 Å². The van der Waals surface area contributed by atoms with Crippen LogP contribution in [0.15, 0.2) is 12.1 Å². The molecule has 2 aromatic heterocycles. The molecule has 3 aliphatic rings. The average molecular weight is 484 g/mol. The first-order chi connectivity index (χ1) is 16.8. The predicted octanol–water partition coefficient (Wildman–Crippen LogP) is 3.43. The summed E-state index contributed by atoms with van der Waals surface area (Å²) in [5.74, 6) is 1.05. The van der Waals surface area contributed by atoms with Crippen LogP contribution in [0.2, 0.25) is 0 Å². The molecule has 0 aliphatic heterocycles. The highest BCUT2D eigenvalue weighted by atomic mass is 16.6. The van der Waals surface area contributed by atoms with E-state index in [-0.39, 0.29) is 24.7 Å². The lowest BCUT2D eigenvalue weighted by Crippen LogP contribution is -2.34. The van der Waals surface area contributed by atoms with Crippen molar-refractivity contribution in [3.05, 3.63) is 23.5 Å². The number of hydrogen-bond acceptors (Lipinski definition) is 7. The molecule has 10 nitrogen and oxygen atoms in total. The highest BCUT2D eigenvalue weighted by Gasteiger charge is 2.51. The SMILES string of the molecule is Cc1nc(-c2nnn(C)c2COC(=O)N(C)CC2CCC2)ccc1O[C@@H]1C[C@H](C(=O)O)C[C@@H]2C[C@@H]21. The highest BCUT2D eigenvalue weighted by Crippen LogP contribution is 2.52. The zero-order valence-corrected chi connectivity index (χ0v) is 20.5. The van der Waals surface area contributed by atoms with Gasteiger partial charge in [0, 0.05) is 20.6 Å². The molecule has 10 heteroatoms. The molecule has 0 radical (unpaired) electrons. The van der Waals surface area contributed by atoms with E-state index in [9.17, 15) is 14.7 Å². The van der Waals surface area contributed by atoms with Gasteiger partial charge in [0.05, 0.1) is 17.3 Å². The second kappa shape index (κ2) is 9.47. The van der Waals surface area contributed by atoms with Gasteiger partial charge >= 0.3 is 12.1 Å². The minimum atomic E-state index is -0.737. The van der Waals surface area contributed by atoms with E-state index in [2.05, 4.69) is 15.3 Å². The van der Waals surface area contributed by atoms with E-state index in [4.69, 9.17) is 9.47 Å². The number of fused-ring (bicyclic) bond motifs is 1. The third-order valence-corrected chi connectivity index (χ3v) is 7.81. The number of aliphatic carboxylic acids is 1. The Bertz CT molecular complexity index is 1110. The number of hydrogen-bond donors (Lipinski definition) is 1. The van der Waals surface area contributed by atoms with Crippen molar-refractivity contribution in [3.63, 3.8) is 0 Å². The monoisotopic (exact) mass is 483 g/mol. The molecule has 0 spiro atoms. The van der Waals surface area contributed by atoms with Gasteiger partial charge in [0.2, 0.25) is 0 Å². The molecule has 35 heavy (non-hydrogen) atoms. The zero-order valence-electron chi connectivity index (χ0n) is 20.5. The Kier molecular flexibility index (Phi) is 6.37. The molecule has 4 atom stereocenters. The Balaban J connectivity index is 1.25. The number of amides is 1. The Morgan fingerprint density at radius 1 is 1.23 bits per heavy atom. The minimum Gasteiger partial charge on any atom is -0.488 e. The number of aryl methyl sites for hydroxylation is 2. The summed E-state index contributed by atoms with van der Waals surface area (Å²) in [7, 11) is 3.53. The molecule has 0 saturated heterocycles. The zero-order chi connectivity index (χ0) is 24.7. The summed E-state index contributed by atoms with van der Waals surface area (Å²) in [6.07, 6.45) is 5.45. The van der Waals surface area contributed by atoms with Crippen LogP contribution in [-0.4, -0.2) is 61.7 Å². The second-order valence-electron chi connectivity index (χ2n) is 10.3. The second-order valence-corrected chi connectivity index (χ2v) is 10.3. The van der Waals surface area contributed by atoms with Gasteiger partial charge < -0.3 is 19.5 Å². The maximum Gasteiger partial charge on any atom is 0.409 e. The van der Waals surface area contributed by atoms with E-state index in [1.165, 1.54) is 19.3 Å². The molecule has 2 aromatic rings.